The van der Waals surface area contributed by atoms with Crippen molar-refractivity contribution in [1.29, 1.82) is 0 Å². The average molecular weight is 360 g/mol. The van der Waals surface area contributed by atoms with Crippen LogP contribution in [-0.2, 0) is 20.8 Å². The summed E-state index contributed by atoms with van der Waals surface area (Å²) in [5, 5.41) is 5.52. The quantitative estimate of drug-likeness (QED) is 0.637. The molecule has 2 amide bonds. The number of carbonyl (C=O) groups is 3. The lowest BCUT2D eigenvalue weighted by atomic mass is 9.97. The van der Waals surface area contributed by atoms with Crippen LogP contribution in [0, 0.1) is 11.8 Å². The van der Waals surface area contributed by atoms with E-state index in [9.17, 15) is 14.4 Å². The van der Waals surface area contributed by atoms with E-state index < -0.39 is 6.04 Å². The molecule has 0 spiro atoms. The zero-order chi connectivity index (χ0) is 19.5. The molecule has 144 valence electrons. The Balaban J connectivity index is 2.58. The summed E-state index contributed by atoms with van der Waals surface area (Å²) in [6, 6.07) is 8.78. The molecule has 0 heterocycles. The van der Waals surface area contributed by atoms with Crippen LogP contribution in [0.15, 0.2) is 30.3 Å². The van der Waals surface area contributed by atoms with Gasteiger partial charge in [0.05, 0.1) is 13.0 Å². The van der Waals surface area contributed by atoms with Crippen LogP contribution in [0.1, 0.15) is 52.5 Å². The van der Waals surface area contributed by atoms with Crippen LogP contribution in [0.4, 0.5) is 0 Å². The van der Waals surface area contributed by atoms with Crippen molar-refractivity contribution < 1.29 is 14.4 Å². The fourth-order valence-corrected chi connectivity index (χ4v) is 2.54. The van der Waals surface area contributed by atoms with Crippen molar-refractivity contribution in [2.45, 2.75) is 59.4 Å². The molecular weight excluding hydrogens is 328 g/mol. The van der Waals surface area contributed by atoms with Gasteiger partial charge in [-0.1, -0.05) is 64.4 Å². The highest BCUT2D eigenvalue weighted by Gasteiger charge is 2.26. The highest BCUT2D eigenvalue weighted by molar-refractivity contribution is 5.91. The number of rotatable bonds is 11. The fourth-order valence-electron chi connectivity index (χ4n) is 2.54. The normalized spacial score (nSPS) is 13.1. The smallest absolute Gasteiger partial charge is 0.243 e. The molecule has 2 unspecified atom stereocenters. The van der Waals surface area contributed by atoms with E-state index in [4.69, 9.17) is 0 Å². The second-order valence-electron chi connectivity index (χ2n) is 7.28. The van der Waals surface area contributed by atoms with Crippen LogP contribution in [0.25, 0.3) is 0 Å². The van der Waals surface area contributed by atoms with Crippen LogP contribution in [0.5, 0.6) is 0 Å². The van der Waals surface area contributed by atoms with Gasteiger partial charge in [0.1, 0.15) is 6.04 Å². The minimum absolute atomic E-state index is 0.0134. The largest absolute Gasteiger partial charge is 0.347 e. The van der Waals surface area contributed by atoms with E-state index in [-0.39, 0.29) is 36.5 Å². The Morgan fingerprint density at radius 2 is 1.69 bits per heavy atom. The van der Waals surface area contributed by atoms with Gasteiger partial charge < -0.3 is 10.6 Å². The van der Waals surface area contributed by atoms with Gasteiger partial charge in [-0.2, -0.15) is 0 Å². The maximum Gasteiger partial charge on any atom is 0.243 e. The van der Waals surface area contributed by atoms with Gasteiger partial charge in [0, 0.05) is 6.42 Å². The first-order valence-corrected chi connectivity index (χ1v) is 9.46. The molecule has 1 aromatic carbocycles. The second kappa shape index (κ2) is 11.4. The maximum absolute atomic E-state index is 12.5. The number of ketones is 1. The van der Waals surface area contributed by atoms with Gasteiger partial charge in [-0.15, -0.1) is 0 Å². The van der Waals surface area contributed by atoms with E-state index in [0.29, 0.717) is 12.3 Å². The Hall–Kier alpha value is -2.17. The van der Waals surface area contributed by atoms with Gasteiger partial charge in [0.25, 0.3) is 0 Å². The topological polar surface area (TPSA) is 75.3 Å². The summed E-state index contributed by atoms with van der Waals surface area (Å²) in [5.41, 5.74) is 0.900. The van der Waals surface area contributed by atoms with E-state index in [0.717, 1.165) is 18.4 Å². The molecule has 1 aromatic rings. The van der Waals surface area contributed by atoms with Crippen molar-refractivity contribution in [1.82, 2.24) is 10.6 Å². The molecule has 0 bridgehead atoms. The summed E-state index contributed by atoms with van der Waals surface area (Å²) in [4.78, 5) is 36.7. The molecule has 2 atom stereocenters. The zero-order valence-electron chi connectivity index (χ0n) is 16.4. The number of hydrogen-bond acceptors (Lipinski definition) is 3. The van der Waals surface area contributed by atoms with Crippen LogP contribution < -0.4 is 10.6 Å². The number of nitrogens with one attached hydrogen (secondary N) is 2. The number of Topliss-reactive ketones (excluding diaryl/α,β-unsaturated/α-hetero) is 1. The van der Waals surface area contributed by atoms with E-state index in [1.54, 1.807) is 0 Å². The third kappa shape index (κ3) is 8.28. The summed E-state index contributed by atoms with van der Waals surface area (Å²) >= 11 is 0. The first-order chi connectivity index (χ1) is 12.3. The van der Waals surface area contributed by atoms with Crippen molar-refractivity contribution in [3.05, 3.63) is 35.9 Å². The van der Waals surface area contributed by atoms with Gasteiger partial charge >= 0.3 is 0 Å². The summed E-state index contributed by atoms with van der Waals surface area (Å²) in [5.74, 6) is -0.0210. The molecule has 0 radical (unpaired) electrons. The highest BCUT2D eigenvalue weighted by atomic mass is 16.2. The molecule has 0 fully saturated rings. The molecule has 0 aliphatic carbocycles. The Labute approximate surface area is 156 Å². The van der Waals surface area contributed by atoms with Crippen LogP contribution >= 0.6 is 0 Å². The third-order valence-electron chi connectivity index (χ3n) is 4.48. The van der Waals surface area contributed by atoms with E-state index >= 15 is 0 Å². The number of amides is 2. The Morgan fingerprint density at radius 1 is 1.04 bits per heavy atom. The molecule has 0 aliphatic rings. The summed E-state index contributed by atoms with van der Waals surface area (Å²) in [7, 11) is 0. The van der Waals surface area contributed by atoms with Gasteiger partial charge in [-0.25, -0.2) is 0 Å². The molecule has 1 rings (SSSR count). The Kier molecular flexibility index (Phi) is 9.63. The summed E-state index contributed by atoms with van der Waals surface area (Å²) in [6.45, 7) is 8.04. The first-order valence-electron chi connectivity index (χ1n) is 9.46. The Morgan fingerprint density at radius 3 is 2.27 bits per heavy atom. The van der Waals surface area contributed by atoms with Crippen molar-refractivity contribution in [3.63, 3.8) is 0 Å². The van der Waals surface area contributed by atoms with Crippen LogP contribution in [-0.4, -0.2) is 30.2 Å². The minimum Gasteiger partial charge on any atom is -0.347 e. The lowest BCUT2D eigenvalue weighted by Crippen LogP contribution is -2.51. The predicted molar refractivity (Wildman–Crippen MR) is 104 cm³/mol. The molecule has 0 saturated carbocycles. The molecule has 0 aliphatic heterocycles. The molecule has 0 saturated heterocycles. The van der Waals surface area contributed by atoms with Crippen molar-refractivity contribution in [2.75, 3.05) is 6.54 Å². The number of carbonyl (C=O) groups excluding carboxylic acids is 3. The van der Waals surface area contributed by atoms with Crippen molar-refractivity contribution >= 4 is 17.6 Å². The molecule has 5 heteroatoms. The molecule has 2 N–H and O–H groups in total. The van der Waals surface area contributed by atoms with E-state index in [1.807, 2.05) is 44.2 Å². The maximum atomic E-state index is 12.5. The zero-order valence-corrected chi connectivity index (χ0v) is 16.4. The van der Waals surface area contributed by atoms with Gasteiger partial charge in [-0.05, 0) is 23.8 Å². The highest BCUT2D eigenvalue weighted by Crippen LogP contribution is 2.09. The summed E-state index contributed by atoms with van der Waals surface area (Å²) in [6.07, 6.45) is 2.27. The second-order valence-corrected chi connectivity index (χ2v) is 7.28. The average Bonchev–Trinajstić information content (AvgIpc) is 2.62. The van der Waals surface area contributed by atoms with Crippen LogP contribution in [0.3, 0.4) is 0 Å². The van der Waals surface area contributed by atoms with Gasteiger partial charge in [0.2, 0.25) is 11.8 Å². The molecule has 26 heavy (non-hydrogen) atoms. The third-order valence-corrected chi connectivity index (χ3v) is 4.48. The number of benzene rings is 1. The Bertz CT molecular complexity index is 584. The monoisotopic (exact) mass is 360 g/mol. The van der Waals surface area contributed by atoms with Crippen molar-refractivity contribution in [2.24, 2.45) is 11.8 Å². The number of hydrogen-bond donors (Lipinski definition) is 2. The molecular formula is C21H32N2O3. The predicted octanol–water partition coefficient (Wildman–Crippen LogP) is 2.88. The van der Waals surface area contributed by atoms with Crippen LogP contribution in [0.2, 0.25) is 0 Å². The van der Waals surface area contributed by atoms with E-state index in [1.165, 1.54) is 0 Å². The molecule has 0 aromatic heterocycles. The lowest BCUT2D eigenvalue weighted by Gasteiger charge is -2.23. The fraction of sp³-hybridized carbons (Fsp3) is 0.571. The minimum atomic E-state index is -0.630. The van der Waals surface area contributed by atoms with Gasteiger partial charge in [-0.3, -0.25) is 14.4 Å². The molecule has 5 nitrogen and oxygen atoms in total. The first kappa shape index (κ1) is 21.9. The van der Waals surface area contributed by atoms with Gasteiger partial charge in [0.15, 0.2) is 5.78 Å². The SMILES string of the molecule is CCC(C)C(NC(=O)Cc1ccccc1)C(=O)NCC(=O)CCC(C)C. The van der Waals surface area contributed by atoms with E-state index in [2.05, 4.69) is 24.5 Å². The standard InChI is InChI=1S/C21H32N2O3/c1-5-16(4)20(21(26)22-14-18(24)12-11-15(2)3)23-19(25)13-17-9-7-6-8-10-17/h6-10,15-16,20H,5,11-14H2,1-4H3,(H,22,26)(H,23,25). The van der Waals surface area contributed by atoms with Crippen molar-refractivity contribution in [3.8, 4) is 0 Å². The lowest BCUT2D eigenvalue weighted by molar-refractivity contribution is -0.131. The summed E-state index contributed by atoms with van der Waals surface area (Å²) < 4.78 is 0.